The molecule has 1 rings (SSSR count). The summed E-state index contributed by atoms with van der Waals surface area (Å²) in [6.07, 6.45) is 1.94. The van der Waals surface area contributed by atoms with Crippen LogP contribution in [0.4, 0.5) is 4.79 Å². The Kier molecular flexibility index (Phi) is 6.40. The number of benzene rings is 1. The van der Waals surface area contributed by atoms with Crippen molar-refractivity contribution in [2.75, 3.05) is 0 Å². The summed E-state index contributed by atoms with van der Waals surface area (Å²) >= 11 is 0. The van der Waals surface area contributed by atoms with Gasteiger partial charge in [-0.1, -0.05) is 44.2 Å². The van der Waals surface area contributed by atoms with Gasteiger partial charge in [-0.25, -0.2) is 4.79 Å². The van der Waals surface area contributed by atoms with Gasteiger partial charge in [-0.15, -0.1) is 0 Å². The lowest BCUT2D eigenvalue weighted by Gasteiger charge is -2.29. The van der Waals surface area contributed by atoms with Crippen LogP contribution < -0.4 is 5.32 Å². The maximum atomic E-state index is 12.3. The van der Waals surface area contributed by atoms with Gasteiger partial charge in [-0.05, 0) is 32.3 Å². The highest BCUT2D eigenvalue weighted by atomic mass is 16.2. The normalized spacial score (nSPS) is 10.8. The number of urea groups is 1. The van der Waals surface area contributed by atoms with Gasteiger partial charge in [-0.2, -0.15) is 0 Å². The van der Waals surface area contributed by atoms with E-state index in [1.807, 2.05) is 23.1 Å². The van der Waals surface area contributed by atoms with E-state index < -0.39 is 0 Å². The Hall–Kier alpha value is -1.51. The van der Waals surface area contributed by atoms with Crippen LogP contribution in [0.2, 0.25) is 0 Å². The van der Waals surface area contributed by atoms with Gasteiger partial charge in [0.2, 0.25) is 0 Å². The Balaban J connectivity index is 2.69. The van der Waals surface area contributed by atoms with E-state index in [4.69, 9.17) is 0 Å². The van der Waals surface area contributed by atoms with Crippen LogP contribution in [0.25, 0.3) is 0 Å². The van der Waals surface area contributed by atoms with E-state index in [-0.39, 0.29) is 18.1 Å². The van der Waals surface area contributed by atoms with Crippen molar-refractivity contribution in [3.63, 3.8) is 0 Å². The summed E-state index contributed by atoms with van der Waals surface area (Å²) in [5.74, 6) is 0. The van der Waals surface area contributed by atoms with Gasteiger partial charge in [0, 0.05) is 18.6 Å². The topological polar surface area (TPSA) is 32.3 Å². The summed E-state index contributed by atoms with van der Waals surface area (Å²) in [4.78, 5) is 14.2. The van der Waals surface area contributed by atoms with Gasteiger partial charge in [0.15, 0.2) is 0 Å². The van der Waals surface area contributed by atoms with E-state index in [2.05, 4.69) is 45.1 Å². The SMILES string of the molecule is CCC(CC)NC(=O)N(Cc1ccccc1)C(C)C. The second-order valence-corrected chi connectivity index (χ2v) is 5.17. The molecule has 0 fully saturated rings. The van der Waals surface area contributed by atoms with Gasteiger partial charge in [0.1, 0.15) is 0 Å². The quantitative estimate of drug-likeness (QED) is 0.831. The molecule has 1 N–H and O–H groups in total. The van der Waals surface area contributed by atoms with Crippen molar-refractivity contribution in [1.82, 2.24) is 10.2 Å². The Morgan fingerprint density at radius 2 is 1.74 bits per heavy atom. The van der Waals surface area contributed by atoms with E-state index >= 15 is 0 Å². The Labute approximate surface area is 117 Å². The van der Waals surface area contributed by atoms with E-state index in [0.29, 0.717) is 6.54 Å². The monoisotopic (exact) mass is 262 g/mol. The number of rotatable bonds is 6. The van der Waals surface area contributed by atoms with Crippen molar-refractivity contribution < 1.29 is 4.79 Å². The highest BCUT2D eigenvalue weighted by Gasteiger charge is 2.19. The molecule has 2 amide bonds. The van der Waals surface area contributed by atoms with Gasteiger partial charge in [0.05, 0.1) is 0 Å². The molecule has 0 aliphatic carbocycles. The predicted octanol–water partition coefficient (Wildman–Crippen LogP) is 3.80. The molecule has 0 saturated heterocycles. The van der Waals surface area contributed by atoms with Crippen LogP contribution in [0.5, 0.6) is 0 Å². The number of carbonyl (C=O) groups is 1. The van der Waals surface area contributed by atoms with Crippen molar-refractivity contribution in [1.29, 1.82) is 0 Å². The maximum Gasteiger partial charge on any atom is 0.318 e. The largest absolute Gasteiger partial charge is 0.335 e. The first kappa shape index (κ1) is 15.5. The maximum absolute atomic E-state index is 12.3. The molecule has 0 unspecified atom stereocenters. The smallest absolute Gasteiger partial charge is 0.318 e. The van der Waals surface area contributed by atoms with Gasteiger partial charge in [-0.3, -0.25) is 0 Å². The van der Waals surface area contributed by atoms with Crippen LogP contribution in [0.15, 0.2) is 30.3 Å². The van der Waals surface area contributed by atoms with Crippen LogP contribution in [0.1, 0.15) is 46.1 Å². The van der Waals surface area contributed by atoms with E-state index in [1.165, 1.54) is 0 Å². The zero-order chi connectivity index (χ0) is 14.3. The van der Waals surface area contributed by atoms with Crippen molar-refractivity contribution in [2.45, 2.75) is 59.2 Å². The van der Waals surface area contributed by atoms with Crippen molar-refractivity contribution >= 4 is 6.03 Å². The van der Waals surface area contributed by atoms with Crippen LogP contribution in [-0.2, 0) is 6.54 Å². The molecule has 0 bridgehead atoms. The molecular formula is C16H26N2O. The van der Waals surface area contributed by atoms with Gasteiger partial charge in [0.25, 0.3) is 0 Å². The number of nitrogens with zero attached hydrogens (tertiary/aromatic N) is 1. The molecule has 0 heterocycles. The molecule has 1 aromatic carbocycles. The van der Waals surface area contributed by atoms with Crippen molar-refractivity contribution in [3.05, 3.63) is 35.9 Å². The summed E-state index contributed by atoms with van der Waals surface area (Å²) in [6.45, 7) is 8.96. The fourth-order valence-corrected chi connectivity index (χ4v) is 2.02. The van der Waals surface area contributed by atoms with Gasteiger partial charge < -0.3 is 10.2 Å². The number of nitrogens with one attached hydrogen (secondary N) is 1. The van der Waals surface area contributed by atoms with Crippen LogP contribution in [0, 0.1) is 0 Å². The molecule has 0 aliphatic rings. The third kappa shape index (κ3) is 4.93. The third-order valence-corrected chi connectivity index (χ3v) is 3.39. The standard InChI is InChI=1S/C16H26N2O/c1-5-15(6-2)17-16(19)18(13(3)4)12-14-10-8-7-9-11-14/h7-11,13,15H,5-6,12H2,1-4H3,(H,17,19). The minimum absolute atomic E-state index is 0.0348. The highest BCUT2D eigenvalue weighted by molar-refractivity contribution is 5.74. The first-order valence-electron chi connectivity index (χ1n) is 7.19. The van der Waals surface area contributed by atoms with Gasteiger partial charge >= 0.3 is 6.03 Å². The average molecular weight is 262 g/mol. The van der Waals surface area contributed by atoms with Crippen molar-refractivity contribution in [3.8, 4) is 0 Å². The minimum Gasteiger partial charge on any atom is -0.335 e. The molecule has 0 aromatic heterocycles. The van der Waals surface area contributed by atoms with Crippen LogP contribution in [-0.4, -0.2) is 23.0 Å². The molecule has 0 atom stereocenters. The number of carbonyl (C=O) groups excluding carboxylic acids is 1. The summed E-state index contributed by atoms with van der Waals surface area (Å²) in [5, 5.41) is 3.11. The zero-order valence-electron chi connectivity index (χ0n) is 12.5. The first-order chi connectivity index (χ1) is 9.08. The molecule has 0 spiro atoms. The summed E-state index contributed by atoms with van der Waals surface area (Å²) in [5.41, 5.74) is 1.16. The summed E-state index contributed by atoms with van der Waals surface area (Å²) in [6, 6.07) is 10.6. The average Bonchev–Trinajstić information content (AvgIpc) is 2.42. The Morgan fingerprint density at radius 3 is 2.21 bits per heavy atom. The summed E-state index contributed by atoms with van der Waals surface area (Å²) < 4.78 is 0. The van der Waals surface area contributed by atoms with E-state index in [9.17, 15) is 4.79 Å². The van der Waals surface area contributed by atoms with E-state index in [0.717, 1.165) is 18.4 Å². The van der Waals surface area contributed by atoms with Crippen LogP contribution in [0.3, 0.4) is 0 Å². The lowest BCUT2D eigenvalue weighted by molar-refractivity contribution is 0.175. The van der Waals surface area contributed by atoms with E-state index in [1.54, 1.807) is 0 Å². The van der Waals surface area contributed by atoms with Crippen molar-refractivity contribution in [2.24, 2.45) is 0 Å². The fraction of sp³-hybridized carbons (Fsp3) is 0.562. The number of hydrogen-bond acceptors (Lipinski definition) is 1. The molecule has 1 aromatic rings. The molecule has 106 valence electrons. The molecule has 3 heteroatoms. The lowest BCUT2D eigenvalue weighted by Crippen LogP contribution is -2.47. The Morgan fingerprint density at radius 1 is 1.16 bits per heavy atom. The fourth-order valence-electron chi connectivity index (χ4n) is 2.02. The molecule has 19 heavy (non-hydrogen) atoms. The predicted molar refractivity (Wildman–Crippen MR) is 80.0 cm³/mol. The minimum atomic E-state index is 0.0348. The molecule has 0 aliphatic heterocycles. The molecule has 0 radical (unpaired) electrons. The second kappa shape index (κ2) is 7.82. The van der Waals surface area contributed by atoms with Crippen LogP contribution >= 0.6 is 0 Å². The molecule has 3 nitrogen and oxygen atoms in total. The zero-order valence-corrected chi connectivity index (χ0v) is 12.5. The second-order valence-electron chi connectivity index (χ2n) is 5.17. The molecule has 0 saturated carbocycles. The first-order valence-corrected chi connectivity index (χ1v) is 7.19. The molecular weight excluding hydrogens is 236 g/mol. The highest BCUT2D eigenvalue weighted by Crippen LogP contribution is 2.09. The number of amides is 2. The number of hydrogen-bond donors (Lipinski definition) is 1. The third-order valence-electron chi connectivity index (χ3n) is 3.39. The Bertz CT molecular complexity index is 372. The summed E-state index contributed by atoms with van der Waals surface area (Å²) in [7, 11) is 0. The lowest BCUT2D eigenvalue weighted by atomic mass is 10.1.